The van der Waals surface area contributed by atoms with Crippen molar-refractivity contribution in [2.24, 2.45) is 5.92 Å². The van der Waals surface area contributed by atoms with Crippen molar-refractivity contribution in [2.75, 3.05) is 32.8 Å². The molecule has 3 aliphatic rings. The number of carbonyl (C=O) groups excluding carboxylic acids is 1. The number of nitrogens with zero attached hydrogens (tertiary/aromatic N) is 2. The molecule has 25 heavy (non-hydrogen) atoms. The van der Waals surface area contributed by atoms with Crippen molar-refractivity contribution in [1.82, 2.24) is 9.80 Å². The summed E-state index contributed by atoms with van der Waals surface area (Å²) in [4.78, 5) is 17.0. The van der Waals surface area contributed by atoms with Crippen LogP contribution in [0.25, 0.3) is 0 Å². The minimum Gasteiger partial charge on any atom is -0.378 e. The summed E-state index contributed by atoms with van der Waals surface area (Å²) in [5.41, 5.74) is 1.10. The number of likely N-dealkylation sites (tertiary alicyclic amines) is 1. The summed E-state index contributed by atoms with van der Waals surface area (Å²) in [6, 6.07) is 0.598. The van der Waals surface area contributed by atoms with E-state index in [1.165, 1.54) is 64.6 Å². The van der Waals surface area contributed by atoms with Crippen LogP contribution in [0.2, 0.25) is 0 Å². The first-order valence-corrected chi connectivity index (χ1v) is 10.5. The van der Waals surface area contributed by atoms with Gasteiger partial charge in [0.15, 0.2) is 5.78 Å². The first-order valence-electron chi connectivity index (χ1n) is 10.5. The summed E-state index contributed by atoms with van der Waals surface area (Å²) in [5, 5.41) is 0. The molecule has 0 aromatic heterocycles. The van der Waals surface area contributed by atoms with Gasteiger partial charge in [-0.1, -0.05) is 19.8 Å². The molecule has 2 aliphatic heterocycles. The second-order valence-electron chi connectivity index (χ2n) is 8.10. The van der Waals surface area contributed by atoms with Crippen molar-refractivity contribution < 1.29 is 9.53 Å². The minimum absolute atomic E-state index is 0.286. The van der Waals surface area contributed by atoms with E-state index in [0.717, 1.165) is 25.1 Å². The van der Waals surface area contributed by atoms with Crippen LogP contribution in [0.15, 0.2) is 11.8 Å². The standard InChI is InChI=1S/C21H36N2O2/c1-3-15-25-18-9-13-22(14-10-18)11-6-12-23-16-20(17(2)24)19-7-4-5-8-21(19)23/h16,18-19,21H,3-15H2,1-2H3/t19?,21-/m0/s1. The molecule has 1 aliphatic carbocycles. The predicted molar refractivity (Wildman–Crippen MR) is 102 cm³/mol. The molecule has 1 saturated heterocycles. The van der Waals surface area contributed by atoms with E-state index in [0.29, 0.717) is 18.1 Å². The fourth-order valence-corrected chi connectivity index (χ4v) is 4.88. The Morgan fingerprint density at radius 3 is 2.64 bits per heavy atom. The van der Waals surface area contributed by atoms with Gasteiger partial charge in [0.2, 0.25) is 0 Å². The van der Waals surface area contributed by atoms with Crippen LogP contribution < -0.4 is 0 Å². The number of carbonyl (C=O) groups is 1. The van der Waals surface area contributed by atoms with Crippen LogP contribution in [0.4, 0.5) is 0 Å². The quantitative estimate of drug-likeness (QED) is 0.671. The van der Waals surface area contributed by atoms with Gasteiger partial charge in [0.1, 0.15) is 0 Å². The summed E-state index contributed by atoms with van der Waals surface area (Å²) in [6.45, 7) is 9.46. The minimum atomic E-state index is 0.286. The average molecular weight is 349 g/mol. The molecule has 0 radical (unpaired) electrons. The van der Waals surface area contributed by atoms with E-state index in [4.69, 9.17) is 4.74 Å². The van der Waals surface area contributed by atoms with Crippen LogP contribution in [0.1, 0.15) is 65.2 Å². The maximum Gasteiger partial charge on any atom is 0.157 e. The van der Waals surface area contributed by atoms with E-state index in [1.54, 1.807) is 6.92 Å². The highest BCUT2D eigenvalue weighted by molar-refractivity contribution is 5.94. The molecule has 0 N–H and O–H groups in total. The molecule has 1 unspecified atom stereocenters. The smallest absolute Gasteiger partial charge is 0.157 e. The summed E-state index contributed by atoms with van der Waals surface area (Å²) in [7, 11) is 0. The maximum absolute atomic E-state index is 12.0. The van der Waals surface area contributed by atoms with Gasteiger partial charge in [-0.25, -0.2) is 0 Å². The van der Waals surface area contributed by atoms with Crippen LogP contribution in [0.3, 0.4) is 0 Å². The fraction of sp³-hybridized carbons (Fsp3) is 0.857. The number of hydrogen-bond donors (Lipinski definition) is 0. The number of piperidine rings is 1. The first kappa shape index (κ1) is 18.9. The molecule has 0 amide bonds. The van der Waals surface area contributed by atoms with Gasteiger partial charge in [-0.2, -0.15) is 0 Å². The topological polar surface area (TPSA) is 32.8 Å². The van der Waals surface area contributed by atoms with E-state index < -0.39 is 0 Å². The zero-order valence-electron chi connectivity index (χ0n) is 16.2. The lowest BCUT2D eigenvalue weighted by atomic mass is 9.81. The lowest BCUT2D eigenvalue weighted by Gasteiger charge is -2.35. The highest BCUT2D eigenvalue weighted by Crippen LogP contribution is 2.39. The van der Waals surface area contributed by atoms with E-state index in [1.807, 2.05) is 0 Å². The Morgan fingerprint density at radius 1 is 1.16 bits per heavy atom. The highest BCUT2D eigenvalue weighted by Gasteiger charge is 2.38. The number of ether oxygens (including phenoxy) is 1. The molecule has 142 valence electrons. The zero-order valence-corrected chi connectivity index (χ0v) is 16.2. The molecule has 2 heterocycles. The SMILES string of the molecule is CCCOC1CCN(CCCN2C=C(C(C)=O)C3CCCC[C@@H]32)CC1. The average Bonchev–Trinajstić information content (AvgIpc) is 3.00. The van der Waals surface area contributed by atoms with Crippen molar-refractivity contribution >= 4 is 5.78 Å². The van der Waals surface area contributed by atoms with Gasteiger partial charge in [-0.05, 0) is 52.0 Å². The third-order valence-electron chi connectivity index (χ3n) is 6.25. The van der Waals surface area contributed by atoms with Crippen LogP contribution in [0.5, 0.6) is 0 Å². The summed E-state index contributed by atoms with van der Waals surface area (Å²) in [6.07, 6.45) is 12.4. The second kappa shape index (κ2) is 9.18. The molecule has 0 spiro atoms. The van der Waals surface area contributed by atoms with Crippen molar-refractivity contribution in [3.63, 3.8) is 0 Å². The molecular weight excluding hydrogens is 312 g/mol. The van der Waals surface area contributed by atoms with E-state index in [9.17, 15) is 4.79 Å². The second-order valence-corrected chi connectivity index (χ2v) is 8.10. The maximum atomic E-state index is 12.0. The Kier molecular flexibility index (Phi) is 6.94. The van der Waals surface area contributed by atoms with Crippen molar-refractivity contribution in [3.8, 4) is 0 Å². The van der Waals surface area contributed by atoms with Crippen LogP contribution in [-0.2, 0) is 9.53 Å². The molecule has 2 fully saturated rings. The third-order valence-corrected chi connectivity index (χ3v) is 6.25. The monoisotopic (exact) mass is 348 g/mol. The van der Waals surface area contributed by atoms with E-state index >= 15 is 0 Å². The molecule has 2 atom stereocenters. The molecule has 0 aromatic carbocycles. The number of fused-ring (bicyclic) bond motifs is 1. The van der Waals surface area contributed by atoms with Crippen LogP contribution >= 0.6 is 0 Å². The summed E-state index contributed by atoms with van der Waals surface area (Å²) < 4.78 is 5.88. The summed E-state index contributed by atoms with van der Waals surface area (Å²) >= 11 is 0. The van der Waals surface area contributed by atoms with Crippen LogP contribution in [-0.4, -0.2) is 60.5 Å². The Morgan fingerprint density at radius 2 is 1.92 bits per heavy atom. The zero-order chi connectivity index (χ0) is 17.6. The van der Waals surface area contributed by atoms with Gasteiger partial charge >= 0.3 is 0 Å². The first-order chi connectivity index (χ1) is 12.2. The molecular formula is C21H36N2O2. The number of rotatable bonds is 8. The van der Waals surface area contributed by atoms with Gasteiger partial charge in [-0.15, -0.1) is 0 Å². The molecule has 3 rings (SSSR count). The van der Waals surface area contributed by atoms with Gasteiger partial charge in [-0.3, -0.25) is 4.79 Å². The number of hydrogen-bond acceptors (Lipinski definition) is 4. The van der Waals surface area contributed by atoms with E-state index in [2.05, 4.69) is 22.9 Å². The van der Waals surface area contributed by atoms with Crippen molar-refractivity contribution in [3.05, 3.63) is 11.8 Å². The molecule has 4 heteroatoms. The normalized spacial score (nSPS) is 28.1. The Labute approximate surface area is 153 Å². The van der Waals surface area contributed by atoms with Gasteiger partial charge in [0.25, 0.3) is 0 Å². The molecule has 1 saturated carbocycles. The third kappa shape index (κ3) is 4.85. The number of Topliss-reactive ketones (excluding diaryl/α,β-unsaturated/α-hetero) is 1. The molecule has 0 aromatic rings. The number of ketones is 1. The Balaban J connectivity index is 1.41. The van der Waals surface area contributed by atoms with Crippen molar-refractivity contribution in [2.45, 2.75) is 77.4 Å². The lowest BCUT2D eigenvalue weighted by Crippen LogP contribution is -2.40. The molecule has 0 bridgehead atoms. The fourth-order valence-electron chi connectivity index (χ4n) is 4.88. The lowest BCUT2D eigenvalue weighted by molar-refractivity contribution is -0.114. The largest absolute Gasteiger partial charge is 0.378 e. The summed E-state index contributed by atoms with van der Waals surface area (Å²) in [5.74, 6) is 0.797. The Hall–Kier alpha value is -0.870. The van der Waals surface area contributed by atoms with Crippen molar-refractivity contribution in [1.29, 1.82) is 0 Å². The van der Waals surface area contributed by atoms with E-state index in [-0.39, 0.29) is 5.78 Å². The Bertz CT molecular complexity index is 469. The molecule has 4 nitrogen and oxygen atoms in total. The predicted octanol–water partition coefficient (Wildman–Crippen LogP) is 3.61. The highest BCUT2D eigenvalue weighted by atomic mass is 16.5. The van der Waals surface area contributed by atoms with Gasteiger partial charge in [0, 0.05) is 50.0 Å². The van der Waals surface area contributed by atoms with Crippen LogP contribution in [0, 0.1) is 5.92 Å². The van der Waals surface area contributed by atoms with Gasteiger partial charge < -0.3 is 14.5 Å². The van der Waals surface area contributed by atoms with Gasteiger partial charge in [0.05, 0.1) is 6.10 Å².